The van der Waals surface area contributed by atoms with E-state index in [2.05, 4.69) is 23.4 Å². The number of thiophene rings is 1. The molecule has 0 aliphatic carbocycles. The van der Waals surface area contributed by atoms with Crippen molar-refractivity contribution in [2.75, 3.05) is 0 Å². The molecule has 2 aromatic heterocycles. The molecule has 6 nitrogen and oxygen atoms in total. The summed E-state index contributed by atoms with van der Waals surface area (Å²) in [5.41, 5.74) is 3.15. The van der Waals surface area contributed by atoms with Gasteiger partial charge in [0.15, 0.2) is 0 Å². The van der Waals surface area contributed by atoms with Gasteiger partial charge in [-0.15, -0.1) is 0 Å². The second-order valence-electron chi connectivity index (χ2n) is 6.23. The number of aliphatic imine (C=N–C) groups is 2. The topological polar surface area (TPSA) is 79.7 Å². The van der Waals surface area contributed by atoms with E-state index in [-0.39, 0.29) is 17.9 Å². The molecule has 0 aromatic carbocycles. The molecule has 7 heteroatoms. The molecule has 0 amide bonds. The van der Waals surface area contributed by atoms with Gasteiger partial charge < -0.3 is 4.74 Å². The molecule has 2 aromatic rings. The van der Waals surface area contributed by atoms with E-state index >= 15 is 0 Å². The van der Waals surface area contributed by atoms with Gasteiger partial charge in [0.05, 0.1) is 16.9 Å². The molecule has 0 radical (unpaired) electrons. The van der Waals surface area contributed by atoms with Crippen LogP contribution in [-0.4, -0.2) is 18.0 Å². The van der Waals surface area contributed by atoms with Gasteiger partial charge in [0.1, 0.15) is 29.8 Å². The van der Waals surface area contributed by atoms with E-state index < -0.39 is 0 Å². The number of pyridine rings is 1. The van der Waals surface area contributed by atoms with E-state index in [0.29, 0.717) is 33.9 Å². The van der Waals surface area contributed by atoms with Crippen LogP contribution in [0.1, 0.15) is 30.7 Å². The summed E-state index contributed by atoms with van der Waals surface area (Å²) in [5.74, 6) is 0.570. The number of aromatic nitrogens is 1. The highest BCUT2D eigenvalue weighted by Gasteiger charge is 2.26. The molecule has 1 aliphatic heterocycles. The predicted molar refractivity (Wildman–Crippen MR) is 123 cm³/mol. The Morgan fingerprint density at radius 2 is 2.17 bits per heavy atom. The SMILES string of the molecule is C=NC1=C(/C=C\C)OCc2c1cc(C(/C=C\C)=C(\C#N)N=C)c(=O)n2-c1ccsc1. The van der Waals surface area contributed by atoms with Crippen LogP contribution >= 0.6 is 11.3 Å². The molecule has 3 heterocycles. The lowest BCUT2D eigenvalue weighted by molar-refractivity contribution is 0.200. The minimum atomic E-state index is -0.279. The molecular formula is C23H20N4O2S. The van der Waals surface area contributed by atoms with E-state index in [4.69, 9.17) is 4.74 Å². The van der Waals surface area contributed by atoms with Crippen LogP contribution in [0.15, 0.2) is 73.4 Å². The van der Waals surface area contributed by atoms with Crippen LogP contribution in [0.4, 0.5) is 0 Å². The summed E-state index contributed by atoms with van der Waals surface area (Å²) in [7, 11) is 0. The second kappa shape index (κ2) is 9.16. The smallest absolute Gasteiger partial charge is 0.263 e. The van der Waals surface area contributed by atoms with Crippen LogP contribution in [0.25, 0.3) is 17.0 Å². The van der Waals surface area contributed by atoms with Gasteiger partial charge in [-0.05, 0) is 50.9 Å². The predicted octanol–water partition coefficient (Wildman–Crippen LogP) is 4.89. The molecule has 0 atom stereocenters. The number of allylic oxidation sites excluding steroid dienone is 6. The molecule has 30 heavy (non-hydrogen) atoms. The molecule has 1 aliphatic rings. The highest BCUT2D eigenvalue weighted by atomic mass is 32.1. The van der Waals surface area contributed by atoms with Crippen LogP contribution < -0.4 is 5.56 Å². The molecule has 0 unspecified atom stereocenters. The average molecular weight is 417 g/mol. The van der Waals surface area contributed by atoms with Crippen LogP contribution in [-0.2, 0) is 11.3 Å². The molecule has 0 saturated carbocycles. The Bertz CT molecular complexity index is 1220. The molecule has 0 spiro atoms. The maximum Gasteiger partial charge on any atom is 0.263 e. The van der Waals surface area contributed by atoms with Gasteiger partial charge in [-0.2, -0.15) is 16.6 Å². The van der Waals surface area contributed by atoms with Gasteiger partial charge in [0, 0.05) is 16.5 Å². The van der Waals surface area contributed by atoms with Crippen molar-refractivity contribution in [3.63, 3.8) is 0 Å². The maximum atomic E-state index is 13.6. The summed E-state index contributed by atoms with van der Waals surface area (Å²) in [6.45, 7) is 11.1. The third kappa shape index (κ3) is 3.61. The van der Waals surface area contributed by atoms with Crippen LogP contribution in [0.3, 0.4) is 0 Å². The number of ether oxygens (including phenoxy) is 1. The van der Waals surface area contributed by atoms with Crippen LogP contribution in [0, 0.1) is 11.3 Å². The second-order valence-corrected chi connectivity index (χ2v) is 7.01. The third-order valence-electron chi connectivity index (χ3n) is 4.54. The Morgan fingerprint density at radius 3 is 2.73 bits per heavy atom. The van der Waals surface area contributed by atoms with Crippen molar-refractivity contribution in [2.45, 2.75) is 20.5 Å². The van der Waals surface area contributed by atoms with Gasteiger partial charge in [0.25, 0.3) is 5.56 Å². The zero-order valence-electron chi connectivity index (χ0n) is 16.8. The molecule has 0 bridgehead atoms. The first-order valence-electron chi connectivity index (χ1n) is 9.13. The summed E-state index contributed by atoms with van der Waals surface area (Å²) in [6.07, 6.45) is 7.09. The van der Waals surface area contributed by atoms with E-state index in [1.165, 1.54) is 11.3 Å². The van der Waals surface area contributed by atoms with Gasteiger partial charge in [-0.25, -0.2) is 0 Å². The fourth-order valence-corrected chi connectivity index (χ4v) is 3.90. The van der Waals surface area contributed by atoms with E-state index in [9.17, 15) is 10.1 Å². The zero-order chi connectivity index (χ0) is 21.7. The Hall–Kier alpha value is -3.76. The molecule has 0 saturated heterocycles. The average Bonchev–Trinajstić information content (AvgIpc) is 3.28. The number of nitriles is 1. The third-order valence-corrected chi connectivity index (χ3v) is 5.21. The van der Waals surface area contributed by atoms with Gasteiger partial charge >= 0.3 is 0 Å². The lowest BCUT2D eigenvalue weighted by atomic mass is 9.98. The van der Waals surface area contributed by atoms with E-state index in [1.54, 1.807) is 28.9 Å². The molecule has 0 fully saturated rings. The Labute approximate surface area is 178 Å². The maximum absolute atomic E-state index is 13.6. The summed E-state index contributed by atoms with van der Waals surface area (Å²) >= 11 is 1.48. The Kier molecular flexibility index (Phi) is 6.40. The van der Waals surface area contributed by atoms with Crippen molar-refractivity contribution in [3.05, 3.63) is 85.8 Å². The first-order valence-corrected chi connectivity index (χ1v) is 10.1. The van der Waals surface area contributed by atoms with Crippen molar-refractivity contribution in [3.8, 4) is 11.8 Å². The highest BCUT2D eigenvalue weighted by molar-refractivity contribution is 7.08. The Balaban J connectivity index is 2.50. The Morgan fingerprint density at radius 1 is 1.37 bits per heavy atom. The van der Waals surface area contributed by atoms with Crippen molar-refractivity contribution in [1.29, 1.82) is 5.26 Å². The summed E-state index contributed by atoms with van der Waals surface area (Å²) < 4.78 is 7.47. The first-order chi connectivity index (χ1) is 14.6. The van der Waals surface area contributed by atoms with Crippen molar-refractivity contribution in [1.82, 2.24) is 4.57 Å². The first kappa shape index (κ1) is 21.0. The number of hydrogen-bond acceptors (Lipinski definition) is 6. The molecule has 3 rings (SSSR count). The molecule has 150 valence electrons. The normalized spacial score (nSPS) is 14.3. The van der Waals surface area contributed by atoms with Crippen LogP contribution in [0.5, 0.6) is 0 Å². The number of rotatable bonds is 6. The minimum absolute atomic E-state index is 0.0693. The van der Waals surface area contributed by atoms with Gasteiger partial charge in [0.2, 0.25) is 0 Å². The lowest BCUT2D eigenvalue weighted by Gasteiger charge is -2.24. The van der Waals surface area contributed by atoms with Crippen LogP contribution in [0.2, 0.25) is 0 Å². The molecular weight excluding hydrogens is 396 g/mol. The molecule has 0 N–H and O–H groups in total. The zero-order valence-corrected chi connectivity index (χ0v) is 17.6. The number of nitrogens with zero attached hydrogens (tertiary/aromatic N) is 4. The minimum Gasteiger partial charge on any atom is -0.485 e. The lowest BCUT2D eigenvalue weighted by Crippen LogP contribution is -2.28. The quantitative estimate of drug-likeness (QED) is 0.382. The number of hydrogen-bond donors (Lipinski definition) is 0. The standard InChI is InChI=1S/C23H20N4O2S/c1-5-7-16(19(12-24)25-3)17-11-18-20(13-29-21(8-6-2)22(18)26-4)27(23(17)28)15-9-10-30-14-15/h5-11,14H,3-4,13H2,1-2H3/b7-5-,8-6-,19-16+. The monoisotopic (exact) mass is 416 g/mol. The van der Waals surface area contributed by atoms with Gasteiger partial charge in [-0.1, -0.05) is 18.2 Å². The summed E-state index contributed by atoms with van der Waals surface area (Å²) in [6, 6.07) is 5.61. The van der Waals surface area contributed by atoms with Crippen molar-refractivity contribution in [2.24, 2.45) is 9.98 Å². The fourth-order valence-electron chi connectivity index (χ4n) is 3.28. The fraction of sp³-hybridized carbons (Fsp3) is 0.130. The van der Waals surface area contributed by atoms with E-state index in [1.807, 2.05) is 42.8 Å². The summed E-state index contributed by atoms with van der Waals surface area (Å²) in [4.78, 5) is 21.6. The van der Waals surface area contributed by atoms with Crippen molar-refractivity contribution < 1.29 is 4.74 Å². The van der Waals surface area contributed by atoms with E-state index in [0.717, 1.165) is 5.69 Å². The highest BCUT2D eigenvalue weighted by Crippen LogP contribution is 2.34. The summed E-state index contributed by atoms with van der Waals surface area (Å²) in [5, 5.41) is 13.3. The largest absolute Gasteiger partial charge is 0.485 e. The van der Waals surface area contributed by atoms with Crippen molar-refractivity contribution >= 4 is 36.0 Å². The number of fused-ring (bicyclic) bond motifs is 1. The van der Waals surface area contributed by atoms with Gasteiger partial charge in [-0.3, -0.25) is 19.3 Å².